The van der Waals surface area contributed by atoms with Crippen molar-refractivity contribution in [2.45, 2.75) is 46.6 Å². The molecule has 0 radical (unpaired) electrons. The second-order valence-corrected chi connectivity index (χ2v) is 6.70. The average Bonchev–Trinajstić information content (AvgIpc) is 2.71. The van der Waals surface area contributed by atoms with Crippen molar-refractivity contribution in [3.05, 3.63) is 10.6 Å². The van der Waals surface area contributed by atoms with E-state index in [1.165, 1.54) is 12.8 Å². The van der Waals surface area contributed by atoms with Gasteiger partial charge < -0.3 is 10.0 Å². The fourth-order valence-corrected chi connectivity index (χ4v) is 3.73. The summed E-state index contributed by atoms with van der Waals surface area (Å²) in [6, 6.07) is 0. The van der Waals surface area contributed by atoms with Gasteiger partial charge in [-0.05, 0) is 38.5 Å². The molecule has 1 unspecified atom stereocenters. The van der Waals surface area contributed by atoms with E-state index in [9.17, 15) is 5.11 Å². The summed E-state index contributed by atoms with van der Waals surface area (Å²) in [5, 5.41) is 10.8. The highest BCUT2D eigenvalue weighted by atomic mass is 32.1. The Hall–Kier alpha value is -0.610. The molecule has 0 bridgehead atoms. The Morgan fingerprint density at radius 2 is 1.89 bits per heavy atom. The average molecular weight is 268 g/mol. The Bertz CT molecular complexity index is 392. The van der Waals surface area contributed by atoms with Crippen LogP contribution in [-0.4, -0.2) is 23.2 Å². The van der Waals surface area contributed by atoms with Gasteiger partial charge in [-0.1, -0.05) is 25.2 Å². The molecule has 3 nitrogen and oxygen atoms in total. The molecular formula is C14H24N2OS. The minimum Gasteiger partial charge on any atom is -0.388 e. The van der Waals surface area contributed by atoms with Gasteiger partial charge in [0, 0.05) is 13.1 Å². The number of piperidine rings is 1. The summed E-state index contributed by atoms with van der Waals surface area (Å²) < 4.78 is 0. The van der Waals surface area contributed by atoms with Crippen LogP contribution in [-0.2, 0) is 0 Å². The Kier molecular flexibility index (Phi) is 4.28. The molecular weight excluding hydrogens is 244 g/mol. The second kappa shape index (κ2) is 5.57. The maximum Gasteiger partial charge on any atom is 0.185 e. The van der Waals surface area contributed by atoms with E-state index in [0.29, 0.717) is 0 Å². The fourth-order valence-electron chi connectivity index (χ4n) is 2.67. The van der Waals surface area contributed by atoms with Gasteiger partial charge >= 0.3 is 0 Å². The molecule has 0 amide bonds. The first kappa shape index (κ1) is 13.8. The van der Waals surface area contributed by atoms with Crippen molar-refractivity contribution in [1.82, 2.24) is 4.98 Å². The lowest BCUT2D eigenvalue weighted by atomic mass is 9.87. The van der Waals surface area contributed by atoms with Gasteiger partial charge in [-0.15, -0.1) is 0 Å². The summed E-state index contributed by atoms with van der Waals surface area (Å²) in [6.07, 6.45) is 2.13. The van der Waals surface area contributed by atoms with Crippen LogP contribution >= 0.6 is 11.3 Å². The van der Waals surface area contributed by atoms with E-state index in [-0.39, 0.29) is 0 Å². The Morgan fingerprint density at radius 3 is 2.33 bits per heavy atom. The standard InChI is InChI=1S/C14H24N2OS/c1-9(2)12-5-7-16(8-6-12)14-15-10(3)13(18-14)11(4)17/h9,11-12,17H,5-8H2,1-4H3. The predicted octanol–water partition coefficient (Wildman–Crippen LogP) is 3.38. The number of rotatable bonds is 3. The molecule has 2 rings (SSSR count). The third-order valence-electron chi connectivity index (χ3n) is 3.95. The van der Waals surface area contributed by atoms with Gasteiger partial charge in [-0.2, -0.15) is 0 Å². The molecule has 1 aromatic rings. The molecule has 0 aliphatic carbocycles. The first-order valence-electron chi connectivity index (χ1n) is 6.89. The van der Waals surface area contributed by atoms with Gasteiger partial charge in [-0.25, -0.2) is 4.98 Å². The van der Waals surface area contributed by atoms with Gasteiger partial charge in [0.05, 0.1) is 16.7 Å². The molecule has 18 heavy (non-hydrogen) atoms. The zero-order valence-electron chi connectivity index (χ0n) is 11.8. The van der Waals surface area contributed by atoms with Crippen molar-refractivity contribution in [1.29, 1.82) is 0 Å². The van der Waals surface area contributed by atoms with Gasteiger partial charge in [0.15, 0.2) is 5.13 Å². The van der Waals surface area contributed by atoms with Gasteiger partial charge in [-0.3, -0.25) is 0 Å². The molecule has 102 valence electrons. The van der Waals surface area contributed by atoms with Crippen LogP contribution in [0.25, 0.3) is 0 Å². The molecule has 1 aliphatic rings. The quantitative estimate of drug-likeness (QED) is 0.913. The van der Waals surface area contributed by atoms with Crippen LogP contribution in [0, 0.1) is 18.8 Å². The van der Waals surface area contributed by atoms with E-state index < -0.39 is 6.10 Å². The van der Waals surface area contributed by atoms with E-state index >= 15 is 0 Å². The van der Waals surface area contributed by atoms with E-state index in [4.69, 9.17) is 0 Å². The highest BCUT2D eigenvalue weighted by molar-refractivity contribution is 7.15. The normalized spacial score (nSPS) is 19.6. The number of aliphatic hydroxyl groups excluding tert-OH is 1. The second-order valence-electron chi connectivity index (χ2n) is 5.69. The van der Waals surface area contributed by atoms with Crippen LogP contribution in [0.1, 0.15) is 50.3 Å². The van der Waals surface area contributed by atoms with E-state index in [2.05, 4.69) is 23.7 Å². The molecule has 0 saturated carbocycles. The highest BCUT2D eigenvalue weighted by Gasteiger charge is 2.24. The molecule has 0 aromatic carbocycles. The first-order valence-corrected chi connectivity index (χ1v) is 7.71. The Labute approximate surface area is 114 Å². The first-order chi connectivity index (χ1) is 8.49. The molecule has 1 fully saturated rings. The number of anilines is 1. The molecule has 0 spiro atoms. The van der Waals surface area contributed by atoms with E-state index in [0.717, 1.165) is 40.6 Å². The van der Waals surface area contributed by atoms with Crippen LogP contribution in [0.2, 0.25) is 0 Å². The zero-order chi connectivity index (χ0) is 13.3. The van der Waals surface area contributed by atoms with Gasteiger partial charge in [0.1, 0.15) is 0 Å². The van der Waals surface area contributed by atoms with Crippen LogP contribution in [0.5, 0.6) is 0 Å². The molecule has 1 aromatic heterocycles. The van der Waals surface area contributed by atoms with Crippen molar-refractivity contribution in [3.63, 3.8) is 0 Å². The number of thiazole rings is 1. The van der Waals surface area contributed by atoms with Crippen molar-refractivity contribution in [3.8, 4) is 0 Å². The van der Waals surface area contributed by atoms with Gasteiger partial charge in [0.2, 0.25) is 0 Å². The number of hydrogen-bond donors (Lipinski definition) is 1. The fraction of sp³-hybridized carbons (Fsp3) is 0.786. The van der Waals surface area contributed by atoms with Crippen molar-refractivity contribution in [2.75, 3.05) is 18.0 Å². The molecule has 1 aliphatic heterocycles. The van der Waals surface area contributed by atoms with Gasteiger partial charge in [0.25, 0.3) is 0 Å². The third-order valence-corrected chi connectivity index (χ3v) is 5.34. The van der Waals surface area contributed by atoms with Crippen molar-refractivity contribution < 1.29 is 5.11 Å². The maximum atomic E-state index is 9.68. The van der Waals surface area contributed by atoms with E-state index in [1.807, 2.05) is 13.8 Å². The smallest absolute Gasteiger partial charge is 0.185 e. The number of nitrogens with zero attached hydrogens (tertiary/aromatic N) is 2. The summed E-state index contributed by atoms with van der Waals surface area (Å²) >= 11 is 1.65. The summed E-state index contributed by atoms with van der Waals surface area (Å²) in [4.78, 5) is 8.00. The lowest BCUT2D eigenvalue weighted by molar-refractivity contribution is 0.202. The SMILES string of the molecule is Cc1nc(N2CCC(C(C)C)CC2)sc1C(C)O. The van der Waals surface area contributed by atoms with Crippen LogP contribution in [0.15, 0.2) is 0 Å². The van der Waals surface area contributed by atoms with Crippen LogP contribution in [0.4, 0.5) is 5.13 Å². The topological polar surface area (TPSA) is 36.4 Å². The molecule has 1 saturated heterocycles. The summed E-state index contributed by atoms with van der Waals surface area (Å²) in [5.41, 5.74) is 0.982. The molecule has 4 heteroatoms. The largest absolute Gasteiger partial charge is 0.388 e. The zero-order valence-corrected chi connectivity index (χ0v) is 12.6. The molecule has 1 N–H and O–H groups in total. The lowest BCUT2D eigenvalue weighted by Crippen LogP contribution is -2.35. The summed E-state index contributed by atoms with van der Waals surface area (Å²) in [6.45, 7) is 10.7. The monoisotopic (exact) mass is 268 g/mol. The van der Waals surface area contributed by atoms with Crippen LogP contribution in [0.3, 0.4) is 0 Å². The maximum absolute atomic E-state index is 9.68. The number of aromatic nitrogens is 1. The minimum atomic E-state index is -0.399. The van der Waals surface area contributed by atoms with E-state index in [1.54, 1.807) is 11.3 Å². The third kappa shape index (κ3) is 2.86. The Morgan fingerprint density at radius 1 is 1.28 bits per heavy atom. The van der Waals surface area contributed by atoms with Crippen LogP contribution < -0.4 is 4.90 Å². The van der Waals surface area contributed by atoms with Crippen molar-refractivity contribution >= 4 is 16.5 Å². The highest BCUT2D eigenvalue weighted by Crippen LogP contribution is 2.33. The summed E-state index contributed by atoms with van der Waals surface area (Å²) in [5.74, 6) is 1.65. The summed E-state index contributed by atoms with van der Waals surface area (Å²) in [7, 11) is 0. The van der Waals surface area contributed by atoms with Crippen molar-refractivity contribution in [2.24, 2.45) is 11.8 Å². The number of aryl methyl sites for hydroxylation is 1. The molecule has 2 heterocycles. The number of aliphatic hydroxyl groups is 1. The minimum absolute atomic E-state index is 0.399. The number of hydrogen-bond acceptors (Lipinski definition) is 4. The molecule has 1 atom stereocenters. The predicted molar refractivity (Wildman–Crippen MR) is 77.3 cm³/mol. The Balaban J connectivity index is 2.03. The lowest BCUT2D eigenvalue weighted by Gasteiger charge is -2.33.